The summed E-state index contributed by atoms with van der Waals surface area (Å²) in [4.78, 5) is 0. The van der Waals surface area contributed by atoms with Gasteiger partial charge in [0.25, 0.3) is 0 Å². The van der Waals surface area contributed by atoms with Gasteiger partial charge >= 0.3 is 0 Å². The van der Waals surface area contributed by atoms with Crippen LogP contribution in [0.15, 0.2) is 0 Å². The zero-order valence-corrected chi connectivity index (χ0v) is 7.28. The van der Waals surface area contributed by atoms with Crippen LogP contribution in [0.4, 0.5) is 0 Å². The summed E-state index contributed by atoms with van der Waals surface area (Å²) in [5.74, 6) is 0. The zero-order valence-electron chi connectivity index (χ0n) is 13.3. The molecule has 2 aliphatic rings. The van der Waals surface area contributed by atoms with Crippen LogP contribution in [-0.4, -0.2) is 30.6 Å². The van der Waals surface area contributed by atoms with Gasteiger partial charge in [0, 0.05) is 22.0 Å². The number of piperidine rings is 1. The van der Waals surface area contributed by atoms with Gasteiger partial charge in [-0.25, -0.2) is 0 Å². The van der Waals surface area contributed by atoms with Crippen LogP contribution in [0.1, 0.15) is 41.3 Å². The lowest BCUT2D eigenvalue weighted by atomic mass is 9.80. The molecule has 1 heteroatoms. The molecule has 11 heavy (non-hydrogen) atoms. The molecule has 2 fully saturated rings. The molecule has 1 nitrogen and oxygen atoms in total. The van der Waals surface area contributed by atoms with Crippen molar-refractivity contribution in [2.45, 2.75) is 33.1 Å². The Morgan fingerprint density at radius 3 is 2.18 bits per heavy atom. The molecule has 0 amide bonds. The summed E-state index contributed by atoms with van der Waals surface area (Å²) < 4.78 is 47.4. The largest absolute Gasteiger partial charge is 0.323 e. The Hall–Kier alpha value is -0.0400. The lowest BCUT2D eigenvalue weighted by Crippen LogP contribution is -2.62. The van der Waals surface area contributed by atoms with Crippen LogP contribution in [-0.2, 0) is 0 Å². The van der Waals surface area contributed by atoms with Gasteiger partial charge in [0.1, 0.15) is 0 Å². The standard InChI is InChI=1S/C10H20N/c1-10(2)4-8-11(9-5-10)6-3-7-11/h3-9H2,1-2H3/q+1/i3D2,8D2,9D2. The van der Waals surface area contributed by atoms with Gasteiger partial charge in [-0.15, -0.1) is 0 Å². The molecular formula is C10H20N+. The van der Waals surface area contributed by atoms with Crippen molar-refractivity contribution in [1.82, 2.24) is 0 Å². The van der Waals surface area contributed by atoms with Crippen molar-refractivity contribution in [3.05, 3.63) is 0 Å². The zero-order chi connectivity index (χ0) is 13.3. The summed E-state index contributed by atoms with van der Waals surface area (Å²) in [6.45, 7) is 0.291. The molecule has 0 N–H and O–H groups in total. The molecule has 0 bridgehead atoms. The quantitative estimate of drug-likeness (QED) is 0.476. The van der Waals surface area contributed by atoms with Crippen molar-refractivity contribution in [2.75, 3.05) is 26.1 Å². The van der Waals surface area contributed by atoms with Crippen LogP contribution in [0.3, 0.4) is 0 Å². The average molecular weight is 160 g/mol. The highest BCUT2D eigenvalue weighted by molar-refractivity contribution is 4.74. The fourth-order valence-electron chi connectivity index (χ4n) is 1.41. The first-order valence-electron chi connectivity index (χ1n) is 7.20. The number of rotatable bonds is 0. The third kappa shape index (κ3) is 1.31. The van der Waals surface area contributed by atoms with Crippen molar-refractivity contribution < 1.29 is 12.7 Å². The van der Waals surface area contributed by atoms with Crippen molar-refractivity contribution in [3.63, 3.8) is 0 Å². The summed E-state index contributed by atoms with van der Waals surface area (Å²) in [6.07, 6.45) is -0.854. The molecule has 0 radical (unpaired) electrons. The van der Waals surface area contributed by atoms with Crippen LogP contribution in [0.5, 0.6) is 0 Å². The van der Waals surface area contributed by atoms with Gasteiger partial charge in [-0.1, -0.05) is 13.8 Å². The molecule has 0 atom stereocenters. The molecule has 0 aromatic heterocycles. The van der Waals surface area contributed by atoms with E-state index in [-0.39, 0.29) is 35.8 Å². The Bertz CT molecular complexity index is 319. The van der Waals surface area contributed by atoms with E-state index in [4.69, 9.17) is 8.22 Å². The van der Waals surface area contributed by atoms with E-state index in [1.54, 1.807) is 0 Å². The van der Waals surface area contributed by atoms with Crippen LogP contribution in [0.2, 0.25) is 0 Å². The van der Waals surface area contributed by atoms with E-state index in [9.17, 15) is 0 Å². The van der Waals surface area contributed by atoms with E-state index in [1.165, 1.54) is 0 Å². The maximum atomic E-state index is 8.15. The number of hydrogen-bond acceptors (Lipinski definition) is 0. The van der Waals surface area contributed by atoms with Crippen LogP contribution in [0, 0.1) is 5.41 Å². The lowest BCUT2D eigenvalue weighted by molar-refractivity contribution is -0.969. The summed E-state index contributed by atoms with van der Waals surface area (Å²) >= 11 is 0. The molecular weight excluding hydrogens is 134 g/mol. The number of quaternary nitrogens is 1. The number of nitrogens with zero attached hydrogens (tertiary/aromatic N) is 1. The first kappa shape index (κ1) is 3.37. The van der Waals surface area contributed by atoms with Crippen LogP contribution >= 0.6 is 0 Å². The molecule has 0 aromatic carbocycles. The normalized spacial score (nSPS) is 55.1. The van der Waals surface area contributed by atoms with E-state index >= 15 is 0 Å². The Morgan fingerprint density at radius 1 is 1.18 bits per heavy atom. The van der Waals surface area contributed by atoms with Crippen molar-refractivity contribution >= 4 is 0 Å². The van der Waals surface area contributed by atoms with E-state index in [0.717, 1.165) is 0 Å². The number of hydrogen-bond donors (Lipinski definition) is 0. The summed E-state index contributed by atoms with van der Waals surface area (Å²) in [6, 6.07) is 0. The minimum absolute atomic E-state index is 0.0525. The minimum Gasteiger partial charge on any atom is -0.323 e. The van der Waals surface area contributed by atoms with E-state index in [1.807, 2.05) is 13.8 Å². The Labute approximate surface area is 78.4 Å². The third-order valence-corrected chi connectivity index (χ3v) is 2.48. The molecule has 1 spiro atoms. The highest BCUT2D eigenvalue weighted by atomic mass is 15.4. The second kappa shape index (κ2) is 2.22. The fraction of sp³-hybridized carbons (Fsp3) is 1.00. The second-order valence-electron chi connectivity index (χ2n) is 4.37. The fourth-order valence-corrected chi connectivity index (χ4v) is 1.41. The van der Waals surface area contributed by atoms with Gasteiger partial charge < -0.3 is 4.48 Å². The maximum absolute atomic E-state index is 8.15. The highest BCUT2D eigenvalue weighted by Crippen LogP contribution is 2.36. The molecule has 2 saturated heterocycles. The molecule has 0 aliphatic carbocycles. The predicted octanol–water partition coefficient (Wildman–Crippen LogP) is 2.03. The third-order valence-electron chi connectivity index (χ3n) is 2.48. The molecule has 0 saturated carbocycles. The Balaban J connectivity index is 2.38. The average Bonchev–Trinajstić information content (AvgIpc) is 1.90. The minimum atomic E-state index is -1.68. The molecule has 2 aliphatic heterocycles. The van der Waals surface area contributed by atoms with Gasteiger partial charge in [-0.2, -0.15) is 0 Å². The summed E-state index contributed by atoms with van der Waals surface area (Å²) in [5.41, 5.74) is -0.376. The molecule has 0 unspecified atom stereocenters. The van der Waals surface area contributed by atoms with Gasteiger partial charge in [0.2, 0.25) is 0 Å². The van der Waals surface area contributed by atoms with Crippen molar-refractivity contribution in [3.8, 4) is 0 Å². The van der Waals surface area contributed by atoms with Gasteiger partial charge in [0.15, 0.2) is 0 Å². The van der Waals surface area contributed by atoms with Gasteiger partial charge in [-0.05, 0) is 5.41 Å². The van der Waals surface area contributed by atoms with E-state index < -0.39 is 19.4 Å². The van der Waals surface area contributed by atoms with Crippen molar-refractivity contribution in [2.24, 2.45) is 5.41 Å². The molecule has 0 aromatic rings. The van der Waals surface area contributed by atoms with Gasteiger partial charge in [-0.3, -0.25) is 0 Å². The SMILES string of the molecule is [2H]C1([2H])C[N+]2(C1)C([2H])([2H])CC(C)(C)CC2([2H])[2H]. The monoisotopic (exact) mass is 160 g/mol. The molecule has 2 heterocycles. The van der Waals surface area contributed by atoms with E-state index in [0.29, 0.717) is 0 Å². The van der Waals surface area contributed by atoms with Crippen molar-refractivity contribution in [1.29, 1.82) is 0 Å². The first-order chi connectivity index (χ1) is 7.33. The first-order valence-corrected chi connectivity index (χ1v) is 4.20. The maximum Gasteiger partial charge on any atom is 0.0924 e. The Kier molecular flexibility index (Phi) is 0.682. The predicted molar refractivity (Wildman–Crippen MR) is 47.4 cm³/mol. The van der Waals surface area contributed by atoms with Crippen LogP contribution < -0.4 is 0 Å². The summed E-state index contributed by atoms with van der Waals surface area (Å²) in [5, 5.41) is 0. The van der Waals surface area contributed by atoms with Crippen LogP contribution in [0.25, 0.3) is 0 Å². The summed E-state index contributed by atoms with van der Waals surface area (Å²) in [7, 11) is 0. The molecule has 2 rings (SSSR count). The lowest BCUT2D eigenvalue weighted by Gasteiger charge is -2.51. The molecule has 64 valence electrons. The smallest absolute Gasteiger partial charge is 0.0924 e. The van der Waals surface area contributed by atoms with Gasteiger partial charge in [0.05, 0.1) is 31.6 Å². The second-order valence-corrected chi connectivity index (χ2v) is 4.37. The highest BCUT2D eigenvalue weighted by Gasteiger charge is 2.41. The van der Waals surface area contributed by atoms with E-state index in [2.05, 4.69) is 0 Å². The Morgan fingerprint density at radius 2 is 1.73 bits per heavy atom. The topological polar surface area (TPSA) is 0 Å².